The molecule has 1 aromatic rings. The van der Waals surface area contributed by atoms with Crippen molar-refractivity contribution in [3.05, 3.63) is 22.7 Å². The third-order valence-corrected chi connectivity index (χ3v) is 3.04. The molecule has 0 aliphatic heterocycles. The summed E-state index contributed by atoms with van der Waals surface area (Å²) in [5.41, 5.74) is -0.113. The monoisotopic (exact) mass is 264 g/mol. The number of nitrogens with zero attached hydrogens (tertiary/aromatic N) is 2. The number of nitrogens with one attached hydrogen (secondary N) is 2. The van der Waals surface area contributed by atoms with E-state index in [4.69, 9.17) is 0 Å². The van der Waals surface area contributed by atoms with Gasteiger partial charge in [-0.3, -0.25) is 9.59 Å². The topological polar surface area (TPSA) is 76.0 Å². The number of rotatable bonds is 7. The Kier molecular flexibility index (Phi) is 4.54. The zero-order valence-electron chi connectivity index (χ0n) is 11.2. The molecule has 0 aromatic carbocycles. The maximum Gasteiger partial charge on any atom is 0.293 e. The molecule has 2 N–H and O–H groups in total. The molecule has 6 nitrogen and oxygen atoms in total. The van der Waals surface area contributed by atoms with Gasteiger partial charge < -0.3 is 15.2 Å². The van der Waals surface area contributed by atoms with Gasteiger partial charge in [0.25, 0.3) is 5.56 Å². The average Bonchev–Trinajstić information content (AvgIpc) is 3.23. The Hall–Kier alpha value is -1.85. The molecule has 1 saturated carbocycles. The number of aryl methyl sites for hydroxylation is 1. The Balaban J connectivity index is 1.80. The van der Waals surface area contributed by atoms with Crippen LogP contribution in [0, 0.1) is 5.92 Å². The molecule has 1 aromatic heterocycles. The standard InChI is InChI=1S/C13H20N4O2/c1-2-8-17-9-7-15-11(13(17)19)14-5-6-16-12(18)10-3-4-10/h7,9-10H,2-6,8H2,1H3,(H,14,15)(H,16,18). The van der Waals surface area contributed by atoms with Gasteiger partial charge in [-0.15, -0.1) is 0 Å². The molecule has 1 amide bonds. The lowest BCUT2D eigenvalue weighted by atomic mass is 10.4. The molecule has 0 unspecified atom stereocenters. The minimum atomic E-state index is -0.113. The summed E-state index contributed by atoms with van der Waals surface area (Å²) in [4.78, 5) is 27.4. The van der Waals surface area contributed by atoms with E-state index in [-0.39, 0.29) is 17.4 Å². The van der Waals surface area contributed by atoms with E-state index < -0.39 is 0 Å². The third-order valence-electron chi connectivity index (χ3n) is 3.04. The molecule has 0 saturated heterocycles. The highest BCUT2D eigenvalue weighted by molar-refractivity contribution is 5.80. The molecule has 19 heavy (non-hydrogen) atoms. The fraction of sp³-hybridized carbons (Fsp3) is 0.615. The van der Waals surface area contributed by atoms with Gasteiger partial charge in [-0.1, -0.05) is 6.92 Å². The van der Waals surface area contributed by atoms with Crippen molar-refractivity contribution in [2.24, 2.45) is 5.92 Å². The molecule has 1 aliphatic rings. The fourth-order valence-corrected chi connectivity index (χ4v) is 1.84. The van der Waals surface area contributed by atoms with Crippen LogP contribution in [0.1, 0.15) is 26.2 Å². The summed E-state index contributed by atoms with van der Waals surface area (Å²) in [6.45, 7) is 3.73. The molecule has 0 radical (unpaired) electrons. The van der Waals surface area contributed by atoms with Crippen molar-refractivity contribution in [3.8, 4) is 0 Å². The van der Waals surface area contributed by atoms with E-state index in [0.29, 0.717) is 25.5 Å². The van der Waals surface area contributed by atoms with Crippen molar-refractivity contribution < 1.29 is 4.79 Å². The van der Waals surface area contributed by atoms with E-state index in [0.717, 1.165) is 19.3 Å². The van der Waals surface area contributed by atoms with E-state index in [9.17, 15) is 9.59 Å². The smallest absolute Gasteiger partial charge is 0.293 e. The predicted octanol–water partition coefficient (Wildman–Crippen LogP) is 0.591. The van der Waals surface area contributed by atoms with Crippen LogP contribution in [-0.2, 0) is 11.3 Å². The highest BCUT2D eigenvalue weighted by atomic mass is 16.2. The molecular weight excluding hydrogens is 244 g/mol. The van der Waals surface area contributed by atoms with Gasteiger partial charge in [0.2, 0.25) is 5.91 Å². The first-order valence-electron chi connectivity index (χ1n) is 6.79. The van der Waals surface area contributed by atoms with E-state index in [1.807, 2.05) is 6.92 Å². The lowest BCUT2D eigenvalue weighted by Gasteiger charge is -2.08. The number of aromatic nitrogens is 2. The Morgan fingerprint density at radius 1 is 1.47 bits per heavy atom. The minimum absolute atomic E-state index is 0.113. The first kappa shape index (κ1) is 13.6. The molecule has 1 aliphatic carbocycles. The average molecular weight is 264 g/mol. The summed E-state index contributed by atoms with van der Waals surface area (Å²) < 4.78 is 1.64. The summed E-state index contributed by atoms with van der Waals surface area (Å²) in [6.07, 6.45) is 6.21. The molecule has 2 rings (SSSR count). The maximum absolute atomic E-state index is 12.0. The summed E-state index contributed by atoms with van der Waals surface area (Å²) in [5.74, 6) is 0.680. The molecule has 1 heterocycles. The molecule has 0 bridgehead atoms. The van der Waals surface area contributed by atoms with Crippen molar-refractivity contribution in [1.29, 1.82) is 0 Å². The Labute approximate surface area is 112 Å². The second kappa shape index (κ2) is 6.36. The predicted molar refractivity (Wildman–Crippen MR) is 73.0 cm³/mol. The van der Waals surface area contributed by atoms with Gasteiger partial charge in [0.15, 0.2) is 5.82 Å². The zero-order chi connectivity index (χ0) is 13.7. The quantitative estimate of drug-likeness (QED) is 0.707. The number of amides is 1. The molecule has 6 heteroatoms. The first-order valence-corrected chi connectivity index (χ1v) is 6.79. The lowest BCUT2D eigenvalue weighted by Crippen LogP contribution is -2.32. The van der Waals surface area contributed by atoms with Gasteiger partial charge in [0.05, 0.1) is 0 Å². The summed E-state index contributed by atoms with van der Waals surface area (Å²) in [6, 6.07) is 0. The number of carbonyl (C=O) groups excluding carboxylic acids is 1. The van der Waals surface area contributed by atoms with Gasteiger partial charge in [-0.25, -0.2) is 4.98 Å². The van der Waals surface area contributed by atoms with Crippen LogP contribution in [0.4, 0.5) is 5.82 Å². The highest BCUT2D eigenvalue weighted by Crippen LogP contribution is 2.28. The van der Waals surface area contributed by atoms with Crippen LogP contribution in [0.3, 0.4) is 0 Å². The van der Waals surface area contributed by atoms with Crippen LogP contribution in [-0.4, -0.2) is 28.5 Å². The lowest BCUT2D eigenvalue weighted by molar-refractivity contribution is -0.122. The van der Waals surface area contributed by atoms with Gasteiger partial charge >= 0.3 is 0 Å². The molecule has 0 spiro atoms. The van der Waals surface area contributed by atoms with Crippen LogP contribution in [0.15, 0.2) is 17.2 Å². The van der Waals surface area contributed by atoms with Crippen molar-refractivity contribution in [3.63, 3.8) is 0 Å². The fourth-order valence-electron chi connectivity index (χ4n) is 1.84. The SMILES string of the molecule is CCCn1ccnc(NCCNC(=O)C2CC2)c1=O. The molecule has 0 atom stereocenters. The Bertz CT molecular complexity index is 494. The summed E-state index contributed by atoms with van der Waals surface area (Å²) in [7, 11) is 0. The van der Waals surface area contributed by atoms with Crippen molar-refractivity contribution in [1.82, 2.24) is 14.9 Å². The maximum atomic E-state index is 12.0. The molecule has 1 fully saturated rings. The van der Waals surface area contributed by atoms with E-state index in [1.54, 1.807) is 17.0 Å². The van der Waals surface area contributed by atoms with Crippen LogP contribution in [0.5, 0.6) is 0 Å². The normalized spacial score (nSPS) is 14.2. The summed E-state index contributed by atoms with van der Waals surface area (Å²) >= 11 is 0. The van der Waals surface area contributed by atoms with Gasteiger partial charge in [0.1, 0.15) is 0 Å². The third kappa shape index (κ3) is 3.81. The van der Waals surface area contributed by atoms with Crippen LogP contribution in [0.25, 0.3) is 0 Å². The van der Waals surface area contributed by atoms with Crippen molar-refractivity contribution in [2.75, 3.05) is 18.4 Å². The Morgan fingerprint density at radius 3 is 2.95 bits per heavy atom. The van der Waals surface area contributed by atoms with Crippen LogP contribution in [0.2, 0.25) is 0 Å². The van der Waals surface area contributed by atoms with Gasteiger partial charge in [0, 0.05) is 37.9 Å². The van der Waals surface area contributed by atoms with E-state index in [2.05, 4.69) is 15.6 Å². The zero-order valence-corrected chi connectivity index (χ0v) is 11.2. The summed E-state index contributed by atoms with van der Waals surface area (Å²) in [5, 5.41) is 5.80. The van der Waals surface area contributed by atoms with Crippen molar-refractivity contribution >= 4 is 11.7 Å². The highest BCUT2D eigenvalue weighted by Gasteiger charge is 2.28. The number of anilines is 1. The van der Waals surface area contributed by atoms with Crippen LogP contribution >= 0.6 is 0 Å². The number of carbonyl (C=O) groups is 1. The van der Waals surface area contributed by atoms with Gasteiger partial charge in [-0.2, -0.15) is 0 Å². The Morgan fingerprint density at radius 2 is 2.26 bits per heavy atom. The minimum Gasteiger partial charge on any atom is -0.364 e. The van der Waals surface area contributed by atoms with Crippen molar-refractivity contribution in [2.45, 2.75) is 32.7 Å². The number of hydrogen-bond donors (Lipinski definition) is 2. The second-order valence-corrected chi connectivity index (χ2v) is 4.77. The molecular formula is C13H20N4O2. The van der Waals surface area contributed by atoms with E-state index in [1.165, 1.54) is 0 Å². The number of hydrogen-bond acceptors (Lipinski definition) is 4. The molecule has 104 valence electrons. The van der Waals surface area contributed by atoms with Gasteiger partial charge in [-0.05, 0) is 19.3 Å². The van der Waals surface area contributed by atoms with Crippen LogP contribution < -0.4 is 16.2 Å². The van der Waals surface area contributed by atoms with E-state index >= 15 is 0 Å². The largest absolute Gasteiger partial charge is 0.364 e. The second-order valence-electron chi connectivity index (χ2n) is 4.77. The first-order chi connectivity index (χ1) is 9.22.